The number of aliphatic hydroxyl groups is 1. The summed E-state index contributed by atoms with van der Waals surface area (Å²) in [6, 6.07) is 5.62. The van der Waals surface area contributed by atoms with Crippen LogP contribution in [0.25, 0.3) is 0 Å². The van der Waals surface area contributed by atoms with Crippen LogP contribution in [0.1, 0.15) is 32.4 Å². The Morgan fingerprint density at radius 2 is 1.94 bits per heavy atom. The third-order valence-corrected chi connectivity index (χ3v) is 2.86. The third kappa shape index (κ3) is 5.38. The molecule has 0 aliphatic rings. The largest absolute Gasteiger partial charge is 0.491 e. The van der Waals surface area contributed by atoms with Crippen LogP contribution in [0.3, 0.4) is 0 Å². The number of hydrogen-bond donors (Lipinski definition) is 1. The fourth-order valence-corrected chi connectivity index (χ4v) is 1.85. The molecule has 0 aliphatic heterocycles. The quantitative estimate of drug-likeness (QED) is 0.782. The minimum Gasteiger partial charge on any atom is -0.491 e. The second-order valence-electron chi connectivity index (χ2n) is 4.68. The second kappa shape index (κ2) is 7.77. The zero-order chi connectivity index (χ0) is 13.5. The smallest absolute Gasteiger partial charge is 0.126 e. The van der Waals surface area contributed by atoms with Crippen LogP contribution in [-0.2, 0) is 4.74 Å². The molecule has 0 saturated heterocycles. The topological polar surface area (TPSA) is 38.7 Å². The molecule has 3 nitrogen and oxygen atoms in total. The maximum absolute atomic E-state index is 9.64. The molecule has 1 N–H and O–H groups in total. The van der Waals surface area contributed by atoms with Gasteiger partial charge in [-0.3, -0.25) is 0 Å². The number of rotatable bonds is 7. The van der Waals surface area contributed by atoms with Crippen molar-refractivity contribution in [2.45, 2.75) is 26.9 Å². The molecule has 1 atom stereocenters. The Morgan fingerprint density at radius 3 is 2.56 bits per heavy atom. The number of halogens is 1. The molecular formula is C14H21BrO3. The summed E-state index contributed by atoms with van der Waals surface area (Å²) in [7, 11) is 0. The predicted molar refractivity (Wildman–Crippen MR) is 75.9 cm³/mol. The predicted octanol–water partition coefficient (Wildman–Crippen LogP) is 3.55. The molecule has 0 heterocycles. The molecule has 1 aromatic carbocycles. The van der Waals surface area contributed by atoms with Crippen molar-refractivity contribution in [3.63, 3.8) is 0 Å². The normalized spacial score (nSPS) is 12.8. The lowest BCUT2D eigenvalue weighted by atomic mass is 10.1. The molecule has 0 aliphatic carbocycles. The Hall–Kier alpha value is -0.580. The van der Waals surface area contributed by atoms with Gasteiger partial charge in [0, 0.05) is 16.6 Å². The van der Waals surface area contributed by atoms with Crippen molar-refractivity contribution in [2.75, 3.05) is 19.8 Å². The van der Waals surface area contributed by atoms with Crippen LogP contribution in [0.2, 0.25) is 0 Å². The van der Waals surface area contributed by atoms with E-state index >= 15 is 0 Å². The second-order valence-corrected chi connectivity index (χ2v) is 5.59. The van der Waals surface area contributed by atoms with Gasteiger partial charge in [-0.15, -0.1) is 0 Å². The number of benzene rings is 1. The van der Waals surface area contributed by atoms with Gasteiger partial charge in [-0.25, -0.2) is 0 Å². The molecule has 0 saturated carbocycles. The zero-order valence-corrected chi connectivity index (χ0v) is 12.7. The van der Waals surface area contributed by atoms with E-state index in [0.29, 0.717) is 24.9 Å². The lowest BCUT2D eigenvalue weighted by Crippen LogP contribution is -2.11. The fraction of sp³-hybridized carbons (Fsp3) is 0.571. The van der Waals surface area contributed by atoms with Gasteiger partial charge in [0.1, 0.15) is 12.4 Å². The summed E-state index contributed by atoms with van der Waals surface area (Å²) in [6.45, 7) is 7.74. The third-order valence-electron chi connectivity index (χ3n) is 2.36. The van der Waals surface area contributed by atoms with Crippen molar-refractivity contribution in [2.24, 2.45) is 5.92 Å². The van der Waals surface area contributed by atoms with Gasteiger partial charge in [-0.05, 0) is 25.0 Å². The Balaban J connectivity index is 2.48. The number of ether oxygens (including phenoxy) is 2. The van der Waals surface area contributed by atoms with E-state index in [1.54, 1.807) is 6.92 Å². The van der Waals surface area contributed by atoms with E-state index < -0.39 is 6.10 Å². The van der Waals surface area contributed by atoms with E-state index in [4.69, 9.17) is 9.47 Å². The van der Waals surface area contributed by atoms with Crippen molar-refractivity contribution in [3.8, 4) is 5.75 Å². The molecule has 0 radical (unpaired) electrons. The minimum atomic E-state index is -0.537. The van der Waals surface area contributed by atoms with Crippen LogP contribution in [0.4, 0.5) is 0 Å². The lowest BCUT2D eigenvalue weighted by Gasteiger charge is -2.14. The fourth-order valence-electron chi connectivity index (χ4n) is 1.51. The van der Waals surface area contributed by atoms with Crippen molar-refractivity contribution in [1.82, 2.24) is 0 Å². The van der Waals surface area contributed by atoms with Crippen LogP contribution in [0.5, 0.6) is 5.75 Å². The molecule has 0 unspecified atom stereocenters. The molecule has 1 aromatic rings. The van der Waals surface area contributed by atoms with Gasteiger partial charge in [0.2, 0.25) is 0 Å². The lowest BCUT2D eigenvalue weighted by molar-refractivity contribution is 0.0805. The molecule has 0 aromatic heterocycles. The Morgan fingerprint density at radius 1 is 1.22 bits per heavy atom. The van der Waals surface area contributed by atoms with E-state index in [1.807, 2.05) is 18.2 Å². The highest BCUT2D eigenvalue weighted by molar-refractivity contribution is 9.10. The summed E-state index contributed by atoms with van der Waals surface area (Å²) in [5.41, 5.74) is 0.794. The van der Waals surface area contributed by atoms with E-state index in [9.17, 15) is 5.11 Å². The first-order chi connectivity index (χ1) is 8.50. The zero-order valence-electron chi connectivity index (χ0n) is 11.1. The van der Waals surface area contributed by atoms with Crippen molar-refractivity contribution < 1.29 is 14.6 Å². The Kier molecular flexibility index (Phi) is 6.68. The van der Waals surface area contributed by atoms with Crippen LogP contribution in [0, 0.1) is 5.92 Å². The summed E-state index contributed by atoms with van der Waals surface area (Å²) >= 11 is 3.39. The van der Waals surface area contributed by atoms with E-state index in [2.05, 4.69) is 29.8 Å². The standard InChI is InChI=1S/C14H21BrO3/c1-10(2)9-17-6-7-18-14-8-12(15)4-5-13(14)11(3)16/h4-5,8,10-11,16H,6-7,9H2,1-3H3/t11-/m1/s1. The van der Waals surface area contributed by atoms with Crippen LogP contribution >= 0.6 is 15.9 Å². The number of hydrogen-bond acceptors (Lipinski definition) is 3. The monoisotopic (exact) mass is 316 g/mol. The summed E-state index contributed by atoms with van der Waals surface area (Å²) in [4.78, 5) is 0. The molecule has 18 heavy (non-hydrogen) atoms. The van der Waals surface area contributed by atoms with Crippen LogP contribution in [-0.4, -0.2) is 24.9 Å². The molecule has 0 fully saturated rings. The first-order valence-corrected chi connectivity index (χ1v) is 6.98. The Bertz CT molecular complexity index is 364. The van der Waals surface area contributed by atoms with E-state index in [0.717, 1.165) is 16.6 Å². The highest BCUT2D eigenvalue weighted by atomic mass is 79.9. The molecular weight excluding hydrogens is 296 g/mol. The van der Waals surface area contributed by atoms with Gasteiger partial charge >= 0.3 is 0 Å². The maximum Gasteiger partial charge on any atom is 0.126 e. The average Bonchev–Trinajstić information content (AvgIpc) is 2.27. The van der Waals surface area contributed by atoms with E-state index in [1.165, 1.54) is 0 Å². The van der Waals surface area contributed by atoms with Crippen molar-refractivity contribution in [3.05, 3.63) is 28.2 Å². The molecule has 0 amide bonds. The van der Waals surface area contributed by atoms with Crippen molar-refractivity contribution >= 4 is 15.9 Å². The van der Waals surface area contributed by atoms with Gasteiger partial charge in [0.15, 0.2) is 0 Å². The molecule has 102 valence electrons. The first-order valence-electron chi connectivity index (χ1n) is 6.18. The van der Waals surface area contributed by atoms with Gasteiger partial charge in [0.05, 0.1) is 12.7 Å². The maximum atomic E-state index is 9.64. The molecule has 0 bridgehead atoms. The van der Waals surface area contributed by atoms with Gasteiger partial charge < -0.3 is 14.6 Å². The minimum absolute atomic E-state index is 0.489. The Labute approximate surface area is 117 Å². The molecule has 0 spiro atoms. The van der Waals surface area contributed by atoms with Gasteiger partial charge in [-0.2, -0.15) is 0 Å². The number of aliphatic hydroxyl groups excluding tert-OH is 1. The molecule has 4 heteroatoms. The van der Waals surface area contributed by atoms with Crippen molar-refractivity contribution in [1.29, 1.82) is 0 Å². The SMILES string of the molecule is CC(C)COCCOc1cc(Br)ccc1[C@@H](C)O. The summed E-state index contributed by atoms with van der Waals surface area (Å²) in [5.74, 6) is 1.23. The van der Waals surface area contributed by atoms with Crippen LogP contribution < -0.4 is 4.74 Å². The highest BCUT2D eigenvalue weighted by Crippen LogP contribution is 2.28. The van der Waals surface area contributed by atoms with Gasteiger partial charge in [-0.1, -0.05) is 35.8 Å². The first kappa shape index (κ1) is 15.5. The van der Waals surface area contributed by atoms with E-state index in [-0.39, 0.29) is 0 Å². The average molecular weight is 317 g/mol. The summed E-state index contributed by atoms with van der Waals surface area (Å²) in [5, 5.41) is 9.64. The summed E-state index contributed by atoms with van der Waals surface area (Å²) in [6.07, 6.45) is -0.537. The van der Waals surface area contributed by atoms with Gasteiger partial charge in [0.25, 0.3) is 0 Å². The van der Waals surface area contributed by atoms with Crippen LogP contribution in [0.15, 0.2) is 22.7 Å². The summed E-state index contributed by atoms with van der Waals surface area (Å²) < 4.78 is 12.0. The molecule has 1 rings (SSSR count). The highest BCUT2D eigenvalue weighted by Gasteiger charge is 2.09.